The Morgan fingerprint density at radius 1 is 1.10 bits per heavy atom. The summed E-state index contributed by atoms with van der Waals surface area (Å²) in [6.45, 7) is 3.63. The number of amidine groups is 1. The molecule has 2 amide bonds. The Morgan fingerprint density at radius 3 is 2.30 bits per heavy atom. The molecule has 212 valence electrons. The molecule has 0 aromatic heterocycles. The van der Waals surface area contributed by atoms with Crippen LogP contribution in [-0.2, 0) is 16.0 Å². The van der Waals surface area contributed by atoms with Gasteiger partial charge in [0.15, 0.2) is 0 Å². The van der Waals surface area contributed by atoms with Crippen LogP contribution in [-0.4, -0.2) is 53.3 Å². The molecular weight excluding hydrogens is 553 g/mol. The summed E-state index contributed by atoms with van der Waals surface area (Å²) in [6, 6.07) is 13.8. The first kappa shape index (κ1) is 30.7. The van der Waals surface area contributed by atoms with Gasteiger partial charge in [-0.15, -0.1) is 0 Å². The molecule has 0 unspecified atom stereocenters. The van der Waals surface area contributed by atoms with E-state index in [9.17, 15) is 19.5 Å². The zero-order chi connectivity index (χ0) is 29.2. The summed E-state index contributed by atoms with van der Waals surface area (Å²) in [4.78, 5) is 42.6. The summed E-state index contributed by atoms with van der Waals surface area (Å²) in [7, 11) is 1.63. The number of amides is 2. The molecule has 0 aliphatic heterocycles. The molecule has 9 nitrogen and oxygen atoms in total. The van der Waals surface area contributed by atoms with Gasteiger partial charge in [-0.05, 0) is 54.8 Å². The number of allylic oxidation sites excluding steroid dienone is 1. The van der Waals surface area contributed by atoms with E-state index in [0.29, 0.717) is 16.3 Å². The van der Waals surface area contributed by atoms with Crippen molar-refractivity contribution in [2.45, 2.75) is 44.6 Å². The number of nitrogens with zero attached hydrogens (tertiary/aromatic N) is 2. The molecule has 2 aromatic rings. The summed E-state index contributed by atoms with van der Waals surface area (Å²) < 4.78 is 0. The highest BCUT2D eigenvalue weighted by Crippen LogP contribution is 2.24. The Labute approximate surface area is 243 Å². The summed E-state index contributed by atoms with van der Waals surface area (Å²) in [6.07, 6.45) is 3.83. The number of anilines is 1. The molecule has 0 radical (unpaired) electrons. The normalized spacial score (nSPS) is 14.3. The van der Waals surface area contributed by atoms with Crippen LogP contribution in [0.25, 0.3) is 0 Å². The number of nitrogens with one attached hydrogen (secondary N) is 2. The van der Waals surface area contributed by atoms with Gasteiger partial charge in [0.05, 0.1) is 13.0 Å². The maximum atomic E-state index is 12.7. The third kappa shape index (κ3) is 9.43. The fourth-order valence-electron chi connectivity index (χ4n) is 4.36. The van der Waals surface area contributed by atoms with E-state index >= 15 is 0 Å². The van der Waals surface area contributed by atoms with E-state index in [1.807, 2.05) is 0 Å². The molecule has 1 aliphatic rings. The molecule has 3 rings (SSSR count). The predicted molar refractivity (Wildman–Crippen MR) is 158 cm³/mol. The number of aliphatic imine (C=N–C) groups is 1. The van der Waals surface area contributed by atoms with Crippen molar-refractivity contribution < 1.29 is 19.5 Å². The van der Waals surface area contributed by atoms with Gasteiger partial charge in [-0.2, -0.15) is 0 Å². The van der Waals surface area contributed by atoms with Gasteiger partial charge in [-0.25, -0.2) is 4.99 Å². The SMILES string of the molecule is C=C(Cl)/C(CC(=O)O)=C(\N=C(/N)Cc1ccc(NC(=O)c2ccc(Cl)cc2)cc1)N(C)CC(=O)NC1CCCC1. The van der Waals surface area contributed by atoms with Crippen LogP contribution < -0.4 is 16.4 Å². The number of benzene rings is 2. The molecule has 1 fully saturated rings. The lowest BCUT2D eigenvalue weighted by Gasteiger charge is -2.23. The van der Waals surface area contributed by atoms with Crippen LogP contribution in [0.2, 0.25) is 5.02 Å². The lowest BCUT2D eigenvalue weighted by molar-refractivity contribution is -0.136. The smallest absolute Gasteiger partial charge is 0.308 e. The molecule has 40 heavy (non-hydrogen) atoms. The summed E-state index contributed by atoms with van der Waals surface area (Å²) in [5.74, 6) is -1.26. The quantitative estimate of drug-likeness (QED) is 0.158. The van der Waals surface area contributed by atoms with Crippen LogP contribution in [0.4, 0.5) is 5.69 Å². The van der Waals surface area contributed by atoms with Crippen molar-refractivity contribution in [1.82, 2.24) is 10.2 Å². The van der Waals surface area contributed by atoms with Gasteiger partial charge in [0.25, 0.3) is 5.91 Å². The first-order valence-corrected chi connectivity index (χ1v) is 13.6. The third-order valence-corrected chi connectivity index (χ3v) is 6.82. The molecule has 5 N–H and O–H groups in total. The van der Waals surface area contributed by atoms with Crippen molar-refractivity contribution in [1.29, 1.82) is 0 Å². The first-order chi connectivity index (χ1) is 19.0. The number of halogens is 2. The third-order valence-electron chi connectivity index (χ3n) is 6.34. The second-order valence-electron chi connectivity index (χ2n) is 9.62. The molecule has 1 saturated carbocycles. The fourth-order valence-corrected chi connectivity index (χ4v) is 4.64. The Kier molecular flexibility index (Phi) is 11.2. The average Bonchev–Trinajstić information content (AvgIpc) is 3.40. The van der Waals surface area contributed by atoms with Crippen molar-refractivity contribution in [2.75, 3.05) is 18.9 Å². The minimum absolute atomic E-state index is 0.00205. The largest absolute Gasteiger partial charge is 0.481 e. The fraction of sp³-hybridized carbons (Fsp3) is 0.310. The van der Waals surface area contributed by atoms with Gasteiger partial charge >= 0.3 is 5.97 Å². The number of hydrogen-bond donors (Lipinski definition) is 4. The van der Waals surface area contributed by atoms with Gasteiger partial charge in [0, 0.05) is 46.4 Å². The van der Waals surface area contributed by atoms with Crippen LogP contribution in [0.15, 0.2) is 76.5 Å². The van der Waals surface area contributed by atoms with Gasteiger partial charge in [-0.1, -0.05) is 54.8 Å². The Balaban J connectivity index is 1.74. The Morgan fingerprint density at radius 2 is 1.73 bits per heavy atom. The topological polar surface area (TPSA) is 137 Å². The summed E-state index contributed by atoms with van der Waals surface area (Å²) in [5.41, 5.74) is 8.30. The first-order valence-electron chi connectivity index (χ1n) is 12.8. The number of hydrogen-bond acceptors (Lipinski definition) is 5. The lowest BCUT2D eigenvalue weighted by atomic mass is 10.1. The number of carboxylic acids is 1. The lowest BCUT2D eigenvalue weighted by Crippen LogP contribution is -2.40. The van der Waals surface area contributed by atoms with Crippen LogP contribution in [0.5, 0.6) is 0 Å². The zero-order valence-electron chi connectivity index (χ0n) is 22.3. The van der Waals surface area contributed by atoms with Crippen LogP contribution in [0, 0.1) is 0 Å². The molecule has 0 spiro atoms. The second kappa shape index (κ2) is 14.5. The number of aliphatic carboxylic acids is 1. The van der Waals surface area contributed by atoms with Gasteiger partial charge in [0.1, 0.15) is 11.7 Å². The molecule has 0 heterocycles. The molecule has 2 aromatic carbocycles. The number of carbonyl (C=O) groups is 3. The van der Waals surface area contributed by atoms with Crippen molar-refractivity contribution in [3.05, 3.63) is 87.7 Å². The van der Waals surface area contributed by atoms with Gasteiger partial charge in [-0.3, -0.25) is 14.4 Å². The standard InChI is InChI=1S/C29H33Cl2N5O4/c1-18(30)24(16-27(38)39)28(36(2)17-26(37)33-22-5-3-4-6-22)35-25(32)15-19-7-13-23(14-8-19)34-29(40)20-9-11-21(31)12-10-20/h7-14,22H,1,3-6,15-17H2,2H3,(H2,32,35)(H,33,37)(H,34,40)(H,38,39)/b28-24+. The van der Waals surface area contributed by atoms with Gasteiger partial charge < -0.3 is 26.4 Å². The number of nitrogens with two attached hydrogens (primary N) is 1. The maximum Gasteiger partial charge on any atom is 0.308 e. The summed E-state index contributed by atoms with van der Waals surface area (Å²) in [5, 5.41) is 15.8. The molecular formula is C29H33Cl2N5O4. The Hall–Kier alpha value is -3.82. The van der Waals surface area contributed by atoms with Crippen molar-refractivity contribution in [2.24, 2.45) is 10.7 Å². The molecule has 0 atom stereocenters. The average molecular weight is 587 g/mol. The van der Waals surface area contributed by atoms with E-state index in [1.54, 1.807) is 55.6 Å². The Bertz CT molecular complexity index is 1300. The predicted octanol–water partition coefficient (Wildman–Crippen LogP) is 4.92. The van der Waals surface area contributed by atoms with E-state index < -0.39 is 12.4 Å². The number of likely N-dealkylation sites (N-methyl/N-ethyl adjacent to an activating group) is 1. The molecule has 0 saturated heterocycles. The van der Waals surface area contributed by atoms with Crippen LogP contribution >= 0.6 is 23.2 Å². The minimum Gasteiger partial charge on any atom is -0.481 e. The van der Waals surface area contributed by atoms with Crippen molar-refractivity contribution in [3.63, 3.8) is 0 Å². The summed E-state index contributed by atoms with van der Waals surface area (Å²) >= 11 is 12.0. The second-order valence-corrected chi connectivity index (χ2v) is 10.5. The maximum absolute atomic E-state index is 12.7. The van der Waals surface area contributed by atoms with E-state index in [-0.39, 0.29) is 53.1 Å². The molecule has 11 heteroatoms. The van der Waals surface area contributed by atoms with E-state index in [1.165, 1.54) is 4.90 Å². The number of carboxylic acid groups (broad SMARTS) is 1. The molecule has 1 aliphatic carbocycles. The number of carbonyl (C=O) groups excluding carboxylic acids is 2. The highest BCUT2D eigenvalue weighted by Gasteiger charge is 2.21. The number of rotatable bonds is 12. The highest BCUT2D eigenvalue weighted by atomic mass is 35.5. The van der Waals surface area contributed by atoms with E-state index in [0.717, 1.165) is 31.2 Å². The van der Waals surface area contributed by atoms with Gasteiger partial charge in [0.2, 0.25) is 5.91 Å². The highest BCUT2D eigenvalue weighted by molar-refractivity contribution is 6.32. The van der Waals surface area contributed by atoms with Crippen molar-refractivity contribution >= 4 is 52.5 Å². The molecule has 0 bridgehead atoms. The zero-order valence-corrected chi connectivity index (χ0v) is 23.8. The van der Waals surface area contributed by atoms with E-state index in [2.05, 4.69) is 22.2 Å². The monoisotopic (exact) mass is 585 g/mol. The minimum atomic E-state index is -1.12. The van der Waals surface area contributed by atoms with Crippen LogP contribution in [0.1, 0.15) is 48.0 Å². The van der Waals surface area contributed by atoms with Crippen LogP contribution in [0.3, 0.4) is 0 Å². The van der Waals surface area contributed by atoms with Crippen molar-refractivity contribution in [3.8, 4) is 0 Å². The van der Waals surface area contributed by atoms with E-state index in [4.69, 9.17) is 28.9 Å².